The third-order valence-electron chi connectivity index (χ3n) is 3.59. The highest BCUT2D eigenvalue weighted by Gasteiger charge is 2.20. The number of hydrogen-bond acceptors (Lipinski definition) is 5. The zero-order valence-electron chi connectivity index (χ0n) is 13.0. The molecule has 23 heavy (non-hydrogen) atoms. The number of nitrogens with zero attached hydrogens (tertiary/aromatic N) is 1. The molecule has 2 N–H and O–H groups in total. The van der Waals surface area contributed by atoms with Crippen molar-refractivity contribution in [2.45, 2.75) is 5.25 Å². The van der Waals surface area contributed by atoms with Crippen LogP contribution in [0.5, 0.6) is 11.5 Å². The van der Waals surface area contributed by atoms with E-state index in [2.05, 4.69) is 11.1 Å². The van der Waals surface area contributed by atoms with Gasteiger partial charge in [-0.1, -0.05) is 48.2 Å². The van der Waals surface area contributed by atoms with Gasteiger partial charge in [0, 0.05) is 0 Å². The first-order chi connectivity index (χ1) is 11.2. The van der Waals surface area contributed by atoms with Crippen LogP contribution in [0.2, 0.25) is 0 Å². The molecule has 118 valence electrons. The van der Waals surface area contributed by atoms with Crippen LogP contribution in [0.1, 0.15) is 16.4 Å². The van der Waals surface area contributed by atoms with Gasteiger partial charge in [0.2, 0.25) is 0 Å². The lowest BCUT2D eigenvalue weighted by atomic mass is 10.1. The molecule has 0 saturated heterocycles. The number of thioether (sulfide) groups is 1. The summed E-state index contributed by atoms with van der Waals surface area (Å²) in [5.41, 5.74) is 9.08. The lowest BCUT2D eigenvalue weighted by Gasteiger charge is -2.20. The second-order valence-corrected chi connectivity index (χ2v) is 6.18. The molecule has 0 spiro atoms. The molecule has 2 aromatic rings. The quantitative estimate of drug-likeness (QED) is 0.927. The summed E-state index contributed by atoms with van der Waals surface area (Å²) in [6, 6.07) is 16.0. The molecular formula is C18H18N2O2S. The van der Waals surface area contributed by atoms with Crippen LogP contribution in [0, 0.1) is 0 Å². The summed E-state index contributed by atoms with van der Waals surface area (Å²) < 4.78 is 10.7. The second kappa shape index (κ2) is 6.79. The van der Waals surface area contributed by atoms with Crippen LogP contribution >= 0.6 is 11.8 Å². The van der Waals surface area contributed by atoms with E-state index in [1.165, 1.54) is 11.8 Å². The van der Waals surface area contributed by atoms with Gasteiger partial charge in [-0.3, -0.25) is 0 Å². The number of nitrogens with two attached hydrogens (primary N) is 1. The zero-order valence-corrected chi connectivity index (χ0v) is 13.8. The first-order valence-corrected chi connectivity index (χ1v) is 8.09. The van der Waals surface area contributed by atoms with E-state index in [0.717, 1.165) is 16.8 Å². The summed E-state index contributed by atoms with van der Waals surface area (Å²) in [4.78, 5) is 4.47. The molecular weight excluding hydrogens is 308 g/mol. The third kappa shape index (κ3) is 3.35. The van der Waals surface area contributed by atoms with E-state index in [1.807, 2.05) is 48.5 Å². The van der Waals surface area contributed by atoms with Gasteiger partial charge in [-0.15, -0.1) is 0 Å². The predicted molar refractivity (Wildman–Crippen MR) is 95.9 cm³/mol. The molecule has 2 aromatic carbocycles. The highest BCUT2D eigenvalue weighted by Crippen LogP contribution is 2.40. The zero-order chi connectivity index (χ0) is 16.2. The summed E-state index contributed by atoms with van der Waals surface area (Å²) in [7, 11) is 3.27. The Morgan fingerprint density at radius 2 is 1.74 bits per heavy atom. The molecule has 0 radical (unpaired) electrons. The smallest absolute Gasteiger partial charge is 0.161 e. The van der Waals surface area contributed by atoms with Gasteiger partial charge >= 0.3 is 0 Å². The minimum absolute atomic E-state index is 0.0857. The van der Waals surface area contributed by atoms with Crippen LogP contribution < -0.4 is 15.2 Å². The highest BCUT2D eigenvalue weighted by molar-refractivity contribution is 8.14. The molecule has 1 aliphatic rings. The Labute approximate surface area is 140 Å². The second-order valence-electron chi connectivity index (χ2n) is 5.02. The standard InChI is InChI=1S/C18H18N2O2S/c1-21-15-9-8-13(10-16(15)22-2)17-11-14(20-18(19)23-17)12-6-4-3-5-7-12/h3-11,17H,1-2H3,(H2,19,20). The average Bonchev–Trinajstić information content (AvgIpc) is 2.61. The number of aliphatic imine (C=N–C) groups is 1. The van der Waals surface area contributed by atoms with Crippen LogP contribution in [0.4, 0.5) is 0 Å². The van der Waals surface area contributed by atoms with Crippen molar-refractivity contribution in [1.82, 2.24) is 0 Å². The Morgan fingerprint density at radius 3 is 2.43 bits per heavy atom. The minimum atomic E-state index is 0.0857. The Bertz CT molecular complexity index is 757. The summed E-state index contributed by atoms with van der Waals surface area (Å²) in [6.45, 7) is 0. The van der Waals surface area contributed by atoms with E-state index >= 15 is 0 Å². The SMILES string of the molecule is COc1ccc(C2C=C(c3ccccc3)N=C(N)S2)cc1OC. The molecule has 3 rings (SSSR count). The monoisotopic (exact) mass is 326 g/mol. The Hall–Kier alpha value is -2.40. The van der Waals surface area contributed by atoms with Gasteiger partial charge in [0.05, 0.1) is 25.2 Å². The lowest BCUT2D eigenvalue weighted by molar-refractivity contribution is 0.354. The van der Waals surface area contributed by atoms with Crippen molar-refractivity contribution in [3.05, 3.63) is 65.7 Å². The van der Waals surface area contributed by atoms with E-state index in [9.17, 15) is 0 Å². The van der Waals surface area contributed by atoms with Crippen LogP contribution in [-0.4, -0.2) is 19.4 Å². The first-order valence-electron chi connectivity index (χ1n) is 7.21. The normalized spacial score (nSPS) is 17.2. The number of amidine groups is 1. The molecule has 0 aromatic heterocycles. The third-order valence-corrected chi connectivity index (χ3v) is 4.59. The van der Waals surface area contributed by atoms with Gasteiger partial charge in [0.25, 0.3) is 0 Å². The van der Waals surface area contributed by atoms with Crippen LogP contribution in [0.3, 0.4) is 0 Å². The molecule has 1 atom stereocenters. The number of ether oxygens (including phenoxy) is 2. The minimum Gasteiger partial charge on any atom is -0.493 e. The molecule has 0 amide bonds. The van der Waals surface area contributed by atoms with E-state index in [0.29, 0.717) is 16.7 Å². The van der Waals surface area contributed by atoms with E-state index < -0.39 is 0 Å². The van der Waals surface area contributed by atoms with Gasteiger partial charge in [0.15, 0.2) is 16.7 Å². The van der Waals surface area contributed by atoms with Crippen LogP contribution in [-0.2, 0) is 0 Å². The fourth-order valence-electron chi connectivity index (χ4n) is 2.45. The molecule has 0 bridgehead atoms. The Morgan fingerprint density at radius 1 is 1.00 bits per heavy atom. The molecule has 4 nitrogen and oxygen atoms in total. The van der Waals surface area contributed by atoms with Crippen molar-refractivity contribution in [3.8, 4) is 11.5 Å². The Balaban J connectivity index is 1.97. The van der Waals surface area contributed by atoms with Crippen molar-refractivity contribution in [2.24, 2.45) is 10.7 Å². The maximum absolute atomic E-state index is 6.03. The number of benzene rings is 2. The maximum atomic E-state index is 6.03. The van der Waals surface area contributed by atoms with Crippen LogP contribution in [0.15, 0.2) is 59.6 Å². The Kier molecular flexibility index (Phi) is 4.57. The van der Waals surface area contributed by atoms with E-state index in [-0.39, 0.29) is 5.25 Å². The van der Waals surface area contributed by atoms with Gasteiger partial charge in [-0.2, -0.15) is 0 Å². The average molecular weight is 326 g/mol. The topological polar surface area (TPSA) is 56.8 Å². The predicted octanol–water partition coefficient (Wildman–Crippen LogP) is 3.85. The van der Waals surface area contributed by atoms with Crippen molar-refractivity contribution >= 4 is 22.6 Å². The number of hydrogen-bond donors (Lipinski definition) is 1. The van der Waals surface area contributed by atoms with Crippen molar-refractivity contribution in [3.63, 3.8) is 0 Å². The van der Waals surface area contributed by atoms with E-state index in [4.69, 9.17) is 15.2 Å². The largest absolute Gasteiger partial charge is 0.493 e. The van der Waals surface area contributed by atoms with Crippen LogP contribution in [0.25, 0.3) is 5.70 Å². The first kappa shape index (κ1) is 15.5. The lowest BCUT2D eigenvalue weighted by Crippen LogP contribution is -2.13. The fraction of sp³-hybridized carbons (Fsp3) is 0.167. The van der Waals surface area contributed by atoms with Crippen molar-refractivity contribution < 1.29 is 9.47 Å². The van der Waals surface area contributed by atoms with Gasteiger partial charge in [0.1, 0.15) is 0 Å². The van der Waals surface area contributed by atoms with Crippen molar-refractivity contribution in [1.29, 1.82) is 0 Å². The van der Waals surface area contributed by atoms with Gasteiger partial charge in [-0.05, 0) is 29.3 Å². The molecule has 0 saturated carbocycles. The molecule has 0 aliphatic carbocycles. The number of methoxy groups -OCH3 is 2. The summed E-state index contributed by atoms with van der Waals surface area (Å²) in [5.74, 6) is 1.42. The van der Waals surface area contributed by atoms with Gasteiger partial charge in [-0.25, -0.2) is 4.99 Å². The highest BCUT2D eigenvalue weighted by atomic mass is 32.2. The molecule has 0 fully saturated rings. The molecule has 1 unspecified atom stereocenters. The van der Waals surface area contributed by atoms with Gasteiger partial charge < -0.3 is 15.2 Å². The van der Waals surface area contributed by atoms with E-state index in [1.54, 1.807) is 14.2 Å². The molecule has 1 heterocycles. The maximum Gasteiger partial charge on any atom is 0.161 e. The summed E-state index contributed by atoms with van der Waals surface area (Å²) >= 11 is 1.53. The molecule has 5 heteroatoms. The van der Waals surface area contributed by atoms with Crippen molar-refractivity contribution in [2.75, 3.05) is 14.2 Å². The fourth-order valence-corrected chi connectivity index (χ4v) is 3.34. The number of rotatable bonds is 4. The summed E-state index contributed by atoms with van der Waals surface area (Å²) in [5, 5.41) is 0.647. The summed E-state index contributed by atoms with van der Waals surface area (Å²) in [6.07, 6.45) is 2.12. The molecule has 1 aliphatic heterocycles.